The molecule has 0 aliphatic heterocycles. The fourth-order valence-corrected chi connectivity index (χ4v) is 1.49. The van der Waals surface area contributed by atoms with Crippen molar-refractivity contribution in [2.75, 3.05) is 12.4 Å². The van der Waals surface area contributed by atoms with E-state index in [1.165, 1.54) is 12.6 Å². The van der Waals surface area contributed by atoms with Crippen LogP contribution in [0, 0.1) is 0 Å². The van der Waals surface area contributed by atoms with Crippen molar-refractivity contribution in [3.63, 3.8) is 0 Å². The van der Waals surface area contributed by atoms with Crippen LogP contribution in [0.4, 0.5) is 5.13 Å². The number of carbonyl (C=O) groups is 1. The van der Waals surface area contributed by atoms with Gasteiger partial charge in [-0.3, -0.25) is 14.9 Å². The van der Waals surface area contributed by atoms with Crippen LogP contribution in [0.25, 0.3) is 0 Å². The molecule has 0 spiro atoms. The fraction of sp³-hybridized carbons (Fsp3) is 0.111. The van der Waals surface area contributed by atoms with Crippen molar-refractivity contribution in [3.05, 3.63) is 33.8 Å². The first-order valence-electron chi connectivity index (χ1n) is 4.45. The smallest absolute Gasteiger partial charge is 0.293 e. The predicted octanol–water partition coefficient (Wildman–Crippen LogP) is 0.752. The van der Waals surface area contributed by atoms with E-state index in [4.69, 9.17) is 9.15 Å². The molecule has 17 heavy (non-hydrogen) atoms. The maximum atomic E-state index is 11.6. The molecule has 0 aromatic carbocycles. The van der Waals surface area contributed by atoms with Gasteiger partial charge in [-0.1, -0.05) is 11.3 Å². The number of methoxy groups -OCH3 is 1. The van der Waals surface area contributed by atoms with Crippen molar-refractivity contribution in [1.29, 1.82) is 0 Å². The molecular weight excluding hydrogens is 246 g/mol. The molecule has 2 heterocycles. The zero-order chi connectivity index (χ0) is 12.3. The number of hydrogen-bond acceptors (Lipinski definition) is 7. The van der Waals surface area contributed by atoms with Crippen molar-refractivity contribution in [2.24, 2.45) is 0 Å². The quantitative estimate of drug-likeness (QED) is 0.867. The molecular formula is C9H7N3O4S. The maximum absolute atomic E-state index is 11.6. The Hall–Kier alpha value is -2.22. The minimum atomic E-state index is -0.568. The Labute approximate surface area is 99.1 Å². The van der Waals surface area contributed by atoms with Gasteiger partial charge >= 0.3 is 0 Å². The molecule has 2 aromatic rings. The molecule has 0 unspecified atom stereocenters. The van der Waals surface area contributed by atoms with Gasteiger partial charge in [-0.05, 0) is 0 Å². The molecule has 0 aliphatic carbocycles. The van der Waals surface area contributed by atoms with Gasteiger partial charge in [0.05, 0.1) is 7.11 Å². The Kier molecular flexibility index (Phi) is 3.15. The molecule has 88 valence electrons. The molecule has 0 atom stereocenters. The van der Waals surface area contributed by atoms with Crippen LogP contribution in [0.1, 0.15) is 10.6 Å². The number of nitrogens with zero attached hydrogens (tertiary/aromatic N) is 2. The van der Waals surface area contributed by atoms with Crippen molar-refractivity contribution in [2.45, 2.75) is 0 Å². The fourth-order valence-electron chi connectivity index (χ4n) is 1.05. The van der Waals surface area contributed by atoms with E-state index in [0.717, 1.165) is 23.7 Å². The number of anilines is 1. The van der Waals surface area contributed by atoms with Gasteiger partial charge in [0.1, 0.15) is 11.8 Å². The lowest BCUT2D eigenvalue weighted by atomic mass is 10.3. The molecule has 7 nitrogen and oxygen atoms in total. The van der Waals surface area contributed by atoms with E-state index in [2.05, 4.69) is 15.5 Å². The number of nitrogens with one attached hydrogen (secondary N) is 1. The summed E-state index contributed by atoms with van der Waals surface area (Å²) in [5, 5.41) is 9.95. The first kappa shape index (κ1) is 11.3. The minimum Gasteiger partial charge on any atom is -0.490 e. The average Bonchev–Trinajstić information content (AvgIpc) is 2.81. The summed E-state index contributed by atoms with van der Waals surface area (Å²) in [4.78, 5) is 23.0. The van der Waals surface area contributed by atoms with Crippen molar-refractivity contribution >= 4 is 22.4 Å². The second-order valence-electron chi connectivity index (χ2n) is 2.87. The Morgan fingerprint density at radius 1 is 1.59 bits per heavy atom. The highest BCUT2D eigenvalue weighted by molar-refractivity contribution is 7.13. The highest BCUT2D eigenvalue weighted by atomic mass is 32.1. The van der Waals surface area contributed by atoms with Gasteiger partial charge in [-0.15, -0.1) is 10.2 Å². The molecule has 0 fully saturated rings. The van der Waals surface area contributed by atoms with Crippen LogP contribution in [0.2, 0.25) is 0 Å². The zero-order valence-corrected chi connectivity index (χ0v) is 9.48. The molecule has 1 amide bonds. The molecule has 8 heteroatoms. The van der Waals surface area contributed by atoms with Gasteiger partial charge in [0.15, 0.2) is 5.76 Å². The molecule has 2 rings (SSSR count). The topological polar surface area (TPSA) is 94.3 Å². The summed E-state index contributed by atoms with van der Waals surface area (Å²) in [6.45, 7) is 0. The Morgan fingerprint density at radius 2 is 2.41 bits per heavy atom. The van der Waals surface area contributed by atoms with Gasteiger partial charge in [0.25, 0.3) is 5.91 Å². The number of ether oxygens (including phenoxy) is 1. The van der Waals surface area contributed by atoms with Gasteiger partial charge in [-0.25, -0.2) is 0 Å². The molecule has 0 radical (unpaired) electrons. The second-order valence-corrected chi connectivity index (χ2v) is 3.71. The standard InChI is InChI=1S/C9H7N3O4S/c1-15-7-3-16-6(2-5(7)13)8(14)11-9-12-10-4-17-9/h2-4H,1H3,(H,11,12,14). The maximum Gasteiger partial charge on any atom is 0.293 e. The summed E-state index contributed by atoms with van der Waals surface area (Å²) in [5.74, 6) is -0.648. The number of aromatic nitrogens is 2. The van der Waals surface area contributed by atoms with Crippen molar-refractivity contribution < 1.29 is 13.9 Å². The van der Waals surface area contributed by atoms with E-state index in [1.807, 2.05) is 0 Å². The molecule has 0 saturated heterocycles. The Morgan fingerprint density at radius 3 is 3.00 bits per heavy atom. The van der Waals surface area contributed by atoms with E-state index in [1.54, 1.807) is 0 Å². The second kappa shape index (κ2) is 4.74. The summed E-state index contributed by atoms with van der Waals surface area (Å²) < 4.78 is 9.69. The van der Waals surface area contributed by atoms with Crippen molar-refractivity contribution in [3.8, 4) is 5.75 Å². The summed E-state index contributed by atoms with van der Waals surface area (Å²) in [5.41, 5.74) is 1.04. The van der Waals surface area contributed by atoms with Crippen molar-refractivity contribution in [1.82, 2.24) is 10.2 Å². The van der Waals surface area contributed by atoms with E-state index >= 15 is 0 Å². The summed E-state index contributed by atoms with van der Waals surface area (Å²) in [6, 6.07) is 1.05. The summed E-state index contributed by atoms with van der Waals surface area (Å²) in [6.07, 6.45) is 1.08. The molecule has 1 N–H and O–H groups in total. The van der Waals surface area contributed by atoms with E-state index in [9.17, 15) is 9.59 Å². The highest BCUT2D eigenvalue weighted by Crippen LogP contribution is 2.11. The number of amides is 1. The van der Waals surface area contributed by atoms with Gasteiger partial charge in [-0.2, -0.15) is 0 Å². The van der Waals surface area contributed by atoms with Crippen LogP contribution in [-0.2, 0) is 0 Å². The lowest BCUT2D eigenvalue weighted by Gasteiger charge is -2.01. The predicted molar refractivity (Wildman–Crippen MR) is 59.4 cm³/mol. The lowest BCUT2D eigenvalue weighted by molar-refractivity contribution is 0.0993. The Balaban J connectivity index is 2.20. The zero-order valence-electron chi connectivity index (χ0n) is 8.67. The van der Waals surface area contributed by atoms with Gasteiger partial charge < -0.3 is 9.15 Å². The van der Waals surface area contributed by atoms with E-state index < -0.39 is 11.3 Å². The molecule has 0 aliphatic rings. The first-order valence-corrected chi connectivity index (χ1v) is 5.33. The minimum absolute atomic E-state index is 0.0393. The normalized spacial score (nSPS) is 9.94. The van der Waals surface area contributed by atoms with Crippen LogP contribution in [0.5, 0.6) is 5.75 Å². The van der Waals surface area contributed by atoms with Gasteiger partial charge in [0, 0.05) is 6.07 Å². The third kappa shape index (κ3) is 2.48. The van der Waals surface area contributed by atoms with Crippen LogP contribution >= 0.6 is 11.3 Å². The third-order valence-electron chi connectivity index (χ3n) is 1.82. The molecule has 2 aromatic heterocycles. The van der Waals surface area contributed by atoms with Crippen LogP contribution in [0.3, 0.4) is 0 Å². The van der Waals surface area contributed by atoms with Crippen LogP contribution in [0.15, 0.2) is 27.1 Å². The van der Waals surface area contributed by atoms with Gasteiger partial charge in [0.2, 0.25) is 16.3 Å². The lowest BCUT2D eigenvalue weighted by Crippen LogP contribution is -2.15. The summed E-state index contributed by atoms with van der Waals surface area (Å²) >= 11 is 1.16. The molecule has 0 saturated carbocycles. The van der Waals surface area contributed by atoms with Crippen LogP contribution in [-0.4, -0.2) is 23.2 Å². The number of rotatable bonds is 3. The average molecular weight is 253 g/mol. The van der Waals surface area contributed by atoms with E-state index in [0.29, 0.717) is 5.13 Å². The third-order valence-corrected chi connectivity index (χ3v) is 2.43. The number of carbonyl (C=O) groups excluding carboxylic acids is 1. The number of hydrogen-bond donors (Lipinski definition) is 1. The highest BCUT2D eigenvalue weighted by Gasteiger charge is 2.12. The van der Waals surface area contributed by atoms with Crippen LogP contribution < -0.4 is 15.5 Å². The SMILES string of the molecule is COc1coc(C(=O)Nc2nncs2)cc1=O. The monoisotopic (exact) mass is 253 g/mol. The summed E-state index contributed by atoms with van der Waals surface area (Å²) in [7, 11) is 1.34. The molecule has 0 bridgehead atoms. The first-order chi connectivity index (χ1) is 8.20. The Bertz CT molecular complexity index is 578. The van der Waals surface area contributed by atoms with E-state index in [-0.39, 0.29) is 11.5 Å². The largest absolute Gasteiger partial charge is 0.490 e.